The lowest BCUT2D eigenvalue weighted by Crippen LogP contribution is -2.50. The second-order valence-electron chi connectivity index (χ2n) is 8.04. The summed E-state index contributed by atoms with van der Waals surface area (Å²) in [6.07, 6.45) is 1.31. The van der Waals surface area contributed by atoms with E-state index in [0.717, 1.165) is 46.3 Å². The first-order chi connectivity index (χ1) is 16.4. The van der Waals surface area contributed by atoms with Gasteiger partial charge >= 0.3 is 12.1 Å². The van der Waals surface area contributed by atoms with Gasteiger partial charge in [0.25, 0.3) is 0 Å². The molecule has 0 bridgehead atoms. The van der Waals surface area contributed by atoms with E-state index in [-0.39, 0.29) is 12.0 Å². The highest BCUT2D eigenvalue weighted by Crippen LogP contribution is 2.38. The number of anilines is 2. The van der Waals surface area contributed by atoms with Gasteiger partial charge < -0.3 is 14.4 Å². The molecule has 1 fully saturated rings. The van der Waals surface area contributed by atoms with Crippen LogP contribution in [-0.4, -0.2) is 50.4 Å². The molecule has 178 valence electrons. The van der Waals surface area contributed by atoms with Crippen LogP contribution in [0.2, 0.25) is 5.02 Å². The fourth-order valence-electron chi connectivity index (χ4n) is 4.17. The molecule has 34 heavy (non-hydrogen) atoms. The second-order valence-corrected chi connectivity index (χ2v) is 9.45. The number of aryl methyl sites for hydroxylation is 1. The number of esters is 1. The first-order valence-corrected chi connectivity index (χ1v) is 12.1. The molecule has 2 aromatic carbocycles. The Balaban J connectivity index is 1.63. The topological polar surface area (TPSA) is 72.0 Å². The van der Waals surface area contributed by atoms with Crippen LogP contribution in [0.1, 0.15) is 28.9 Å². The number of nitrogens with zero attached hydrogens (tertiary/aromatic N) is 3. The lowest BCUT2D eigenvalue weighted by atomic mass is 10.0. The fourth-order valence-corrected chi connectivity index (χ4v) is 5.43. The van der Waals surface area contributed by atoms with Crippen molar-refractivity contribution in [3.8, 4) is 10.6 Å². The minimum absolute atomic E-state index is 0.111. The predicted octanol–water partition coefficient (Wildman–Crippen LogP) is 5.80. The molecular weight excluding hydrogens is 474 g/mol. The zero-order valence-electron chi connectivity index (χ0n) is 19.3. The van der Waals surface area contributed by atoms with Gasteiger partial charge in [0.05, 0.1) is 31.5 Å². The van der Waals surface area contributed by atoms with Crippen LogP contribution in [0.4, 0.5) is 15.5 Å². The van der Waals surface area contributed by atoms with Gasteiger partial charge in [0.15, 0.2) is 0 Å². The van der Waals surface area contributed by atoms with Crippen molar-refractivity contribution in [1.82, 2.24) is 4.98 Å². The number of thiazole rings is 1. The van der Waals surface area contributed by atoms with Gasteiger partial charge in [0.1, 0.15) is 10.0 Å². The van der Waals surface area contributed by atoms with E-state index in [1.807, 2.05) is 49.4 Å². The van der Waals surface area contributed by atoms with E-state index < -0.39 is 6.09 Å². The van der Waals surface area contributed by atoms with Crippen molar-refractivity contribution < 1.29 is 19.1 Å². The summed E-state index contributed by atoms with van der Waals surface area (Å²) in [5.74, 6) is -0.374. The summed E-state index contributed by atoms with van der Waals surface area (Å²) in [6.45, 7) is 3.34. The number of hydrogen-bond acceptors (Lipinski definition) is 7. The van der Waals surface area contributed by atoms with E-state index in [0.29, 0.717) is 17.1 Å². The van der Waals surface area contributed by atoms with Gasteiger partial charge in [0, 0.05) is 29.4 Å². The summed E-state index contributed by atoms with van der Waals surface area (Å²) in [7, 11) is 2.77. The Kier molecular flexibility index (Phi) is 7.38. The first-order valence-electron chi connectivity index (χ1n) is 10.9. The molecule has 9 heteroatoms. The maximum atomic E-state index is 13.0. The zero-order chi connectivity index (χ0) is 24.2. The highest BCUT2D eigenvalue weighted by atomic mass is 35.5. The fraction of sp³-hybridized carbons (Fsp3) is 0.320. The van der Waals surface area contributed by atoms with E-state index in [1.165, 1.54) is 25.6 Å². The number of hydrogen-bond donors (Lipinski definition) is 0. The molecule has 0 saturated carbocycles. The van der Waals surface area contributed by atoms with Gasteiger partial charge in [-0.1, -0.05) is 41.1 Å². The molecule has 0 aliphatic carbocycles. The summed E-state index contributed by atoms with van der Waals surface area (Å²) in [4.78, 5) is 33.6. The van der Waals surface area contributed by atoms with Crippen molar-refractivity contribution in [2.45, 2.75) is 25.8 Å². The third-order valence-corrected chi connectivity index (χ3v) is 7.31. The number of halogens is 1. The van der Waals surface area contributed by atoms with Crippen molar-refractivity contribution >= 4 is 45.7 Å². The summed E-state index contributed by atoms with van der Waals surface area (Å²) in [6, 6.07) is 14.7. The van der Waals surface area contributed by atoms with Gasteiger partial charge in [-0.3, -0.25) is 4.90 Å². The van der Waals surface area contributed by atoms with E-state index in [4.69, 9.17) is 26.1 Å². The van der Waals surface area contributed by atoms with Crippen LogP contribution in [0, 0.1) is 6.92 Å². The summed E-state index contributed by atoms with van der Waals surface area (Å²) >= 11 is 7.49. The molecule has 1 aromatic heterocycles. The van der Waals surface area contributed by atoms with Crippen LogP contribution >= 0.6 is 22.9 Å². The monoisotopic (exact) mass is 499 g/mol. The average molecular weight is 500 g/mol. The Labute approximate surface area is 207 Å². The van der Waals surface area contributed by atoms with E-state index in [9.17, 15) is 9.59 Å². The first kappa shape index (κ1) is 24.0. The van der Waals surface area contributed by atoms with Crippen LogP contribution in [0.15, 0.2) is 48.5 Å². The molecule has 1 aliphatic rings. The Bertz CT molecular complexity index is 1180. The maximum absolute atomic E-state index is 13.0. The SMILES string of the molecule is COC(=O)c1cccc(N2CCCC(N(C(=O)OC)c3sc(-c4ccc(Cl)cc4)nc3C)C2)c1. The Morgan fingerprint density at radius 3 is 2.62 bits per heavy atom. The minimum Gasteiger partial charge on any atom is -0.465 e. The van der Waals surface area contributed by atoms with E-state index in [1.54, 1.807) is 11.0 Å². The predicted molar refractivity (Wildman–Crippen MR) is 135 cm³/mol. The molecule has 1 saturated heterocycles. The third-order valence-electron chi connectivity index (χ3n) is 5.85. The van der Waals surface area contributed by atoms with Crippen LogP contribution < -0.4 is 9.80 Å². The molecule has 0 N–H and O–H groups in total. The van der Waals surface area contributed by atoms with Gasteiger partial charge in [-0.25, -0.2) is 14.6 Å². The molecule has 4 rings (SSSR count). The largest absolute Gasteiger partial charge is 0.465 e. The van der Waals surface area contributed by atoms with E-state index >= 15 is 0 Å². The number of rotatable bonds is 5. The smallest absolute Gasteiger partial charge is 0.415 e. The number of benzene rings is 2. The number of piperidine rings is 1. The van der Waals surface area contributed by atoms with Crippen LogP contribution in [-0.2, 0) is 9.47 Å². The molecular formula is C25H26ClN3O4S. The summed E-state index contributed by atoms with van der Waals surface area (Å²) in [5.41, 5.74) is 3.13. The molecule has 1 unspecified atom stereocenters. The highest BCUT2D eigenvalue weighted by Gasteiger charge is 2.33. The molecule has 1 aliphatic heterocycles. The number of carbonyl (C=O) groups excluding carboxylic acids is 2. The molecule has 0 radical (unpaired) electrons. The number of ether oxygens (including phenoxy) is 2. The van der Waals surface area contributed by atoms with Crippen LogP contribution in [0.25, 0.3) is 10.6 Å². The van der Waals surface area contributed by atoms with Gasteiger partial charge in [-0.2, -0.15) is 0 Å². The second kappa shape index (κ2) is 10.4. The molecule has 1 atom stereocenters. The number of aromatic nitrogens is 1. The zero-order valence-corrected chi connectivity index (χ0v) is 20.9. The van der Waals surface area contributed by atoms with Crippen molar-refractivity contribution in [1.29, 1.82) is 0 Å². The van der Waals surface area contributed by atoms with Gasteiger partial charge in [-0.15, -0.1) is 0 Å². The van der Waals surface area contributed by atoms with Crippen molar-refractivity contribution in [2.75, 3.05) is 37.1 Å². The van der Waals surface area contributed by atoms with Crippen LogP contribution in [0.5, 0.6) is 0 Å². The molecule has 1 amide bonds. The Morgan fingerprint density at radius 2 is 1.91 bits per heavy atom. The molecule has 7 nitrogen and oxygen atoms in total. The standard InChI is InChI=1S/C25H26ClN3O4S/c1-16-23(34-22(27-16)17-9-11-19(26)12-10-17)29(25(31)33-3)21-8-5-13-28(15-21)20-7-4-6-18(14-20)24(30)32-2/h4,6-7,9-12,14,21H,5,8,13,15H2,1-3H3. The number of methoxy groups -OCH3 is 2. The van der Waals surface area contributed by atoms with E-state index in [2.05, 4.69) is 4.90 Å². The quantitative estimate of drug-likeness (QED) is 0.413. The van der Waals surface area contributed by atoms with Crippen molar-refractivity contribution in [2.24, 2.45) is 0 Å². The van der Waals surface area contributed by atoms with Crippen molar-refractivity contribution in [3.63, 3.8) is 0 Å². The third kappa shape index (κ3) is 5.03. The maximum Gasteiger partial charge on any atom is 0.415 e. The summed E-state index contributed by atoms with van der Waals surface area (Å²) < 4.78 is 10.0. The highest BCUT2D eigenvalue weighted by molar-refractivity contribution is 7.19. The Morgan fingerprint density at radius 1 is 1.15 bits per heavy atom. The lowest BCUT2D eigenvalue weighted by Gasteiger charge is -2.39. The number of amides is 1. The summed E-state index contributed by atoms with van der Waals surface area (Å²) in [5, 5.41) is 2.25. The number of carbonyl (C=O) groups is 2. The van der Waals surface area contributed by atoms with Gasteiger partial charge in [-0.05, 0) is 50.1 Å². The average Bonchev–Trinajstić information content (AvgIpc) is 3.25. The molecule has 2 heterocycles. The minimum atomic E-state index is -0.412. The molecule has 0 spiro atoms. The molecule has 3 aromatic rings. The normalized spacial score (nSPS) is 15.6. The Hall–Kier alpha value is -3.10. The van der Waals surface area contributed by atoms with Gasteiger partial charge in [0.2, 0.25) is 0 Å². The van der Waals surface area contributed by atoms with Crippen molar-refractivity contribution in [3.05, 3.63) is 64.8 Å². The van der Waals surface area contributed by atoms with Crippen LogP contribution in [0.3, 0.4) is 0 Å². The lowest BCUT2D eigenvalue weighted by molar-refractivity contribution is 0.0600.